The van der Waals surface area contributed by atoms with Gasteiger partial charge in [-0.2, -0.15) is 0 Å². The molecule has 1 aromatic carbocycles. The van der Waals surface area contributed by atoms with E-state index in [0.717, 1.165) is 30.2 Å². The fourth-order valence-electron chi connectivity index (χ4n) is 2.09. The second-order valence-electron chi connectivity index (χ2n) is 4.75. The second-order valence-corrected chi connectivity index (χ2v) is 4.75. The molecule has 2 aromatic rings. The number of guanidine groups is 1. The van der Waals surface area contributed by atoms with Crippen molar-refractivity contribution in [3.8, 4) is 11.5 Å². The van der Waals surface area contributed by atoms with Crippen LogP contribution in [0.15, 0.2) is 46.0 Å². The van der Waals surface area contributed by atoms with Crippen molar-refractivity contribution in [1.82, 2.24) is 5.32 Å². The van der Waals surface area contributed by atoms with Gasteiger partial charge in [0.1, 0.15) is 5.76 Å². The average molecular weight is 317 g/mol. The van der Waals surface area contributed by atoms with E-state index in [4.69, 9.17) is 13.9 Å². The van der Waals surface area contributed by atoms with Crippen LogP contribution in [0.2, 0.25) is 0 Å². The minimum absolute atomic E-state index is 0.596. The standard InChI is InChI=1S/C17H23N3O3/c1-4-22-15-8-7-13(12-16(15)21-3)20-17(18-2)19-10-9-14-6-5-11-23-14/h5-8,11-12H,4,9-10H2,1-3H3,(H2,18,19,20). The average Bonchev–Trinajstić information content (AvgIpc) is 3.08. The van der Waals surface area contributed by atoms with E-state index in [1.807, 2.05) is 37.3 Å². The lowest BCUT2D eigenvalue weighted by Crippen LogP contribution is -2.32. The third kappa shape index (κ3) is 4.95. The van der Waals surface area contributed by atoms with Crippen molar-refractivity contribution in [3.05, 3.63) is 42.4 Å². The van der Waals surface area contributed by atoms with Gasteiger partial charge in [-0.05, 0) is 31.2 Å². The van der Waals surface area contributed by atoms with E-state index < -0.39 is 0 Å². The SMILES string of the molecule is CCOc1ccc(NC(=NC)NCCc2ccco2)cc1OC. The van der Waals surface area contributed by atoms with Crippen LogP contribution in [0.5, 0.6) is 11.5 Å². The molecular formula is C17H23N3O3. The summed E-state index contributed by atoms with van der Waals surface area (Å²) in [7, 11) is 3.35. The normalized spacial score (nSPS) is 11.2. The Balaban J connectivity index is 1.93. The first-order chi connectivity index (χ1) is 11.3. The molecule has 0 spiro atoms. The van der Waals surface area contributed by atoms with E-state index in [1.54, 1.807) is 20.4 Å². The highest BCUT2D eigenvalue weighted by Crippen LogP contribution is 2.30. The molecule has 23 heavy (non-hydrogen) atoms. The van der Waals surface area contributed by atoms with Crippen molar-refractivity contribution in [2.24, 2.45) is 4.99 Å². The molecule has 0 aliphatic rings. The fourth-order valence-corrected chi connectivity index (χ4v) is 2.09. The predicted octanol–water partition coefficient (Wildman–Crippen LogP) is 2.92. The number of furan rings is 1. The van der Waals surface area contributed by atoms with E-state index in [2.05, 4.69) is 15.6 Å². The monoisotopic (exact) mass is 317 g/mol. The molecule has 0 atom stereocenters. The molecule has 0 radical (unpaired) electrons. The summed E-state index contributed by atoms with van der Waals surface area (Å²) in [5.41, 5.74) is 0.872. The van der Waals surface area contributed by atoms with E-state index in [1.165, 1.54) is 0 Å². The zero-order chi connectivity index (χ0) is 16.5. The lowest BCUT2D eigenvalue weighted by Gasteiger charge is -2.14. The maximum atomic E-state index is 5.51. The van der Waals surface area contributed by atoms with Crippen molar-refractivity contribution >= 4 is 11.6 Å². The summed E-state index contributed by atoms with van der Waals surface area (Å²) in [6, 6.07) is 9.52. The summed E-state index contributed by atoms with van der Waals surface area (Å²) >= 11 is 0. The molecule has 2 N–H and O–H groups in total. The predicted molar refractivity (Wildman–Crippen MR) is 91.6 cm³/mol. The smallest absolute Gasteiger partial charge is 0.195 e. The lowest BCUT2D eigenvalue weighted by atomic mass is 10.2. The molecule has 0 bridgehead atoms. The Morgan fingerprint density at radius 2 is 2.13 bits per heavy atom. The third-order valence-electron chi connectivity index (χ3n) is 3.19. The van der Waals surface area contributed by atoms with Gasteiger partial charge in [0.2, 0.25) is 0 Å². The van der Waals surface area contributed by atoms with Crippen LogP contribution in [0.1, 0.15) is 12.7 Å². The van der Waals surface area contributed by atoms with Gasteiger partial charge in [0.05, 0.1) is 20.0 Å². The summed E-state index contributed by atoms with van der Waals surface area (Å²) in [4.78, 5) is 4.21. The zero-order valence-electron chi connectivity index (χ0n) is 13.8. The molecule has 1 aromatic heterocycles. The number of benzene rings is 1. The van der Waals surface area contributed by atoms with Gasteiger partial charge >= 0.3 is 0 Å². The minimum Gasteiger partial charge on any atom is -0.493 e. The maximum Gasteiger partial charge on any atom is 0.195 e. The van der Waals surface area contributed by atoms with Crippen LogP contribution >= 0.6 is 0 Å². The highest BCUT2D eigenvalue weighted by molar-refractivity contribution is 5.93. The number of aliphatic imine (C=N–C) groups is 1. The van der Waals surface area contributed by atoms with Crippen molar-refractivity contribution < 1.29 is 13.9 Å². The molecule has 0 saturated carbocycles. The molecule has 0 fully saturated rings. The first kappa shape index (κ1) is 16.7. The molecule has 124 valence electrons. The first-order valence-electron chi connectivity index (χ1n) is 7.57. The molecular weight excluding hydrogens is 294 g/mol. The Bertz CT molecular complexity index is 624. The van der Waals surface area contributed by atoms with Gasteiger partial charge in [-0.3, -0.25) is 4.99 Å². The van der Waals surface area contributed by atoms with Crippen LogP contribution in [-0.4, -0.2) is 33.3 Å². The Hall–Kier alpha value is -2.63. The van der Waals surface area contributed by atoms with Crippen LogP contribution in [-0.2, 0) is 6.42 Å². The topological polar surface area (TPSA) is 68.0 Å². The highest BCUT2D eigenvalue weighted by Gasteiger charge is 2.07. The van der Waals surface area contributed by atoms with Gasteiger partial charge < -0.3 is 24.5 Å². The Morgan fingerprint density at radius 3 is 2.78 bits per heavy atom. The second kappa shape index (κ2) is 8.73. The van der Waals surface area contributed by atoms with Crippen molar-refractivity contribution in [1.29, 1.82) is 0 Å². The zero-order valence-corrected chi connectivity index (χ0v) is 13.8. The molecule has 0 amide bonds. The largest absolute Gasteiger partial charge is 0.493 e. The highest BCUT2D eigenvalue weighted by atomic mass is 16.5. The van der Waals surface area contributed by atoms with Gasteiger partial charge in [-0.15, -0.1) is 0 Å². The lowest BCUT2D eigenvalue weighted by molar-refractivity contribution is 0.311. The Labute approximate surface area is 136 Å². The van der Waals surface area contributed by atoms with Crippen molar-refractivity contribution in [2.75, 3.05) is 32.6 Å². The molecule has 0 aliphatic heterocycles. The molecule has 0 aliphatic carbocycles. The number of methoxy groups -OCH3 is 1. The van der Waals surface area contributed by atoms with Crippen LogP contribution < -0.4 is 20.1 Å². The van der Waals surface area contributed by atoms with Crippen LogP contribution in [0.4, 0.5) is 5.69 Å². The van der Waals surface area contributed by atoms with E-state index in [-0.39, 0.29) is 0 Å². The molecule has 1 heterocycles. The van der Waals surface area contributed by atoms with Crippen molar-refractivity contribution in [3.63, 3.8) is 0 Å². The molecule has 0 saturated heterocycles. The number of hydrogen-bond acceptors (Lipinski definition) is 4. The Morgan fingerprint density at radius 1 is 1.26 bits per heavy atom. The number of hydrogen-bond donors (Lipinski definition) is 2. The molecule has 6 heteroatoms. The van der Waals surface area contributed by atoms with E-state index in [9.17, 15) is 0 Å². The fraction of sp³-hybridized carbons (Fsp3) is 0.353. The summed E-state index contributed by atoms with van der Waals surface area (Å²) < 4.78 is 16.2. The maximum absolute atomic E-state index is 5.51. The number of ether oxygens (including phenoxy) is 2. The summed E-state index contributed by atoms with van der Waals surface area (Å²) in [6.45, 7) is 3.26. The third-order valence-corrected chi connectivity index (χ3v) is 3.19. The molecule has 2 rings (SSSR count). The van der Waals surface area contributed by atoms with Gasteiger partial charge in [0.25, 0.3) is 0 Å². The van der Waals surface area contributed by atoms with Gasteiger partial charge in [0.15, 0.2) is 17.5 Å². The van der Waals surface area contributed by atoms with Crippen LogP contribution in [0.3, 0.4) is 0 Å². The molecule has 0 unspecified atom stereocenters. The number of nitrogens with one attached hydrogen (secondary N) is 2. The number of rotatable bonds is 7. The summed E-state index contributed by atoms with van der Waals surface area (Å²) in [5, 5.41) is 6.47. The van der Waals surface area contributed by atoms with Crippen LogP contribution in [0, 0.1) is 0 Å². The quantitative estimate of drug-likeness (QED) is 0.607. The minimum atomic E-state index is 0.596. The first-order valence-corrected chi connectivity index (χ1v) is 7.57. The number of nitrogens with zero attached hydrogens (tertiary/aromatic N) is 1. The van der Waals surface area contributed by atoms with Crippen LogP contribution in [0.25, 0.3) is 0 Å². The molecule has 6 nitrogen and oxygen atoms in total. The van der Waals surface area contributed by atoms with Gasteiger partial charge in [-0.1, -0.05) is 0 Å². The van der Waals surface area contributed by atoms with Crippen molar-refractivity contribution in [2.45, 2.75) is 13.3 Å². The van der Waals surface area contributed by atoms with Gasteiger partial charge in [0, 0.05) is 31.8 Å². The van der Waals surface area contributed by atoms with E-state index >= 15 is 0 Å². The van der Waals surface area contributed by atoms with E-state index in [0.29, 0.717) is 18.3 Å². The summed E-state index contributed by atoms with van der Waals surface area (Å²) in [6.07, 6.45) is 2.47. The number of anilines is 1. The summed E-state index contributed by atoms with van der Waals surface area (Å²) in [5.74, 6) is 3.03. The Kier molecular flexibility index (Phi) is 6.35. The van der Waals surface area contributed by atoms with Gasteiger partial charge in [-0.25, -0.2) is 0 Å².